The molecule has 8 nitrogen and oxygen atoms in total. The summed E-state index contributed by atoms with van der Waals surface area (Å²) in [6, 6.07) is 8.50. The molecule has 8 heteroatoms. The Morgan fingerprint density at radius 1 is 1.30 bits per heavy atom. The van der Waals surface area contributed by atoms with E-state index in [2.05, 4.69) is 10.2 Å². The Kier molecular flexibility index (Phi) is 5.63. The Balaban J connectivity index is 1.65. The van der Waals surface area contributed by atoms with Crippen molar-refractivity contribution in [3.05, 3.63) is 41.7 Å². The van der Waals surface area contributed by atoms with Crippen LogP contribution in [0.2, 0.25) is 0 Å². The van der Waals surface area contributed by atoms with Crippen molar-refractivity contribution in [3.63, 3.8) is 0 Å². The molecule has 1 saturated heterocycles. The average molecular weight is 372 g/mol. The molecule has 1 aromatic heterocycles. The molecule has 1 aliphatic heterocycles. The molecule has 1 atom stereocenters. The third-order valence-corrected chi connectivity index (χ3v) is 4.69. The van der Waals surface area contributed by atoms with Gasteiger partial charge < -0.3 is 19.3 Å². The van der Waals surface area contributed by atoms with Gasteiger partial charge in [0.15, 0.2) is 17.2 Å². The van der Waals surface area contributed by atoms with Gasteiger partial charge in [0, 0.05) is 19.6 Å². The lowest BCUT2D eigenvalue weighted by atomic mass is 10.1. The van der Waals surface area contributed by atoms with Crippen molar-refractivity contribution in [2.24, 2.45) is 0 Å². The summed E-state index contributed by atoms with van der Waals surface area (Å²) in [5, 5.41) is 6.91. The summed E-state index contributed by atoms with van der Waals surface area (Å²) in [7, 11) is 1.58. The molecule has 144 valence electrons. The summed E-state index contributed by atoms with van der Waals surface area (Å²) >= 11 is 0. The van der Waals surface area contributed by atoms with E-state index in [0.29, 0.717) is 36.8 Å². The van der Waals surface area contributed by atoms with Crippen LogP contribution in [0.1, 0.15) is 30.0 Å². The molecule has 2 heterocycles. The third kappa shape index (κ3) is 3.89. The van der Waals surface area contributed by atoms with Crippen molar-refractivity contribution in [2.75, 3.05) is 26.7 Å². The zero-order valence-corrected chi connectivity index (χ0v) is 15.8. The molecule has 0 radical (unpaired) electrons. The molecule has 0 spiro atoms. The van der Waals surface area contributed by atoms with Crippen molar-refractivity contribution in [2.45, 2.75) is 26.5 Å². The summed E-state index contributed by atoms with van der Waals surface area (Å²) < 4.78 is 11.0. The van der Waals surface area contributed by atoms with Crippen LogP contribution < -0.4 is 9.47 Å². The minimum Gasteiger partial charge on any atom is -0.493 e. The Bertz CT molecular complexity index is 820. The van der Waals surface area contributed by atoms with Gasteiger partial charge in [0.25, 0.3) is 5.91 Å². The van der Waals surface area contributed by atoms with Gasteiger partial charge in [-0.2, -0.15) is 5.10 Å². The van der Waals surface area contributed by atoms with E-state index in [9.17, 15) is 9.59 Å². The van der Waals surface area contributed by atoms with Gasteiger partial charge >= 0.3 is 0 Å². The van der Waals surface area contributed by atoms with Crippen LogP contribution in [0.4, 0.5) is 0 Å². The van der Waals surface area contributed by atoms with Crippen LogP contribution in [0, 0.1) is 0 Å². The SMILES string of the molecule is CCN1CCN(C(=O)c2cc(COc3ccccc3OC)[nH]n2)[C@@H](C)C1=O. The molecule has 0 saturated carbocycles. The van der Waals surface area contributed by atoms with E-state index in [-0.39, 0.29) is 24.1 Å². The minimum absolute atomic E-state index is 0.0348. The number of nitrogens with one attached hydrogen (secondary N) is 1. The van der Waals surface area contributed by atoms with Gasteiger partial charge in [-0.25, -0.2) is 0 Å². The van der Waals surface area contributed by atoms with Crippen LogP contribution in [0.15, 0.2) is 30.3 Å². The van der Waals surface area contributed by atoms with E-state index in [1.165, 1.54) is 0 Å². The van der Waals surface area contributed by atoms with Crippen molar-refractivity contribution in [1.29, 1.82) is 0 Å². The summed E-state index contributed by atoms with van der Waals surface area (Å²) in [4.78, 5) is 28.4. The quantitative estimate of drug-likeness (QED) is 0.834. The molecule has 0 aliphatic carbocycles. The number of likely N-dealkylation sites (N-methyl/N-ethyl adjacent to an activating group) is 1. The highest BCUT2D eigenvalue weighted by molar-refractivity contribution is 5.96. The number of rotatable bonds is 6. The van der Waals surface area contributed by atoms with E-state index in [1.807, 2.05) is 31.2 Å². The lowest BCUT2D eigenvalue weighted by Gasteiger charge is -2.38. The first-order valence-corrected chi connectivity index (χ1v) is 8.95. The molecule has 1 N–H and O–H groups in total. The number of aromatic amines is 1. The summed E-state index contributed by atoms with van der Waals surface area (Å²) in [6.45, 7) is 5.60. The lowest BCUT2D eigenvalue weighted by molar-refractivity contribution is -0.139. The number of hydrogen-bond donors (Lipinski definition) is 1. The second-order valence-corrected chi connectivity index (χ2v) is 6.31. The molecule has 1 fully saturated rings. The summed E-state index contributed by atoms with van der Waals surface area (Å²) in [5.74, 6) is 0.950. The molecule has 2 aromatic rings. The molecule has 1 aromatic carbocycles. The first kappa shape index (κ1) is 18.8. The zero-order valence-electron chi connectivity index (χ0n) is 15.8. The highest BCUT2D eigenvalue weighted by Gasteiger charge is 2.34. The van der Waals surface area contributed by atoms with E-state index in [4.69, 9.17) is 9.47 Å². The van der Waals surface area contributed by atoms with E-state index in [0.717, 1.165) is 0 Å². The molecule has 3 rings (SSSR count). The Hall–Kier alpha value is -3.03. The lowest BCUT2D eigenvalue weighted by Crippen LogP contribution is -2.57. The maximum absolute atomic E-state index is 12.8. The van der Waals surface area contributed by atoms with Crippen LogP contribution in [-0.4, -0.2) is 64.6 Å². The first-order valence-electron chi connectivity index (χ1n) is 8.95. The summed E-state index contributed by atoms with van der Waals surface area (Å²) in [6.07, 6.45) is 0. The number of carbonyl (C=O) groups is 2. The second-order valence-electron chi connectivity index (χ2n) is 6.31. The largest absolute Gasteiger partial charge is 0.493 e. The monoisotopic (exact) mass is 372 g/mol. The van der Waals surface area contributed by atoms with Crippen molar-refractivity contribution >= 4 is 11.8 Å². The number of benzene rings is 1. The highest BCUT2D eigenvalue weighted by Crippen LogP contribution is 2.26. The van der Waals surface area contributed by atoms with Gasteiger partial charge in [0.05, 0.1) is 12.8 Å². The second kappa shape index (κ2) is 8.11. The minimum atomic E-state index is -0.490. The van der Waals surface area contributed by atoms with Crippen LogP contribution in [-0.2, 0) is 11.4 Å². The van der Waals surface area contributed by atoms with Gasteiger partial charge in [-0.15, -0.1) is 0 Å². The van der Waals surface area contributed by atoms with Gasteiger partial charge in [0.1, 0.15) is 12.6 Å². The van der Waals surface area contributed by atoms with Crippen molar-refractivity contribution < 1.29 is 19.1 Å². The first-order chi connectivity index (χ1) is 13.0. The number of ether oxygens (including phenoxy) is 2. The fourth-order valence-electron chi connectivity index (χ4n) is 3.11. The number of nitrogens with zero attached hydrogens (tertiary/aromatic N) is 3. The van der Waals surface area contributed by atoms with Gasteiger partial charge in [-0.05, 0) is 32.0 Å². The molecule has 2 amide bonds. The zero-order chi connectivity index (χ0) is 19.4. The smallest absolute Gasteiger partial charge is 0.275 e. The van der Waals surface area contributed by atoms with Crippen LogP contribution in [0.3, 0.4) is 0 Å². The van der Waals surface area contributed by atoms with Crippen LogP contribution in [0.5, 0.6) is 11.5 Å². The van der Waals surface area contributed by atoms with Crippen molar-refractivity contribution in [1.82, 2.24) is 20.0 Å². The molecule has 27 heavy (non-hydrogen) atoms. The van der Waals surface area contributed by atoms with Gasteiger partial charge in [-0.1, -0.05) is 12.1 Å². The fourth-order valence-corrected chi connectivity index (χ4v) is 3.11. The van der Waals surface area contributed by atoms with Crippen molar-refractivity contribution in [3.8, 4) is 11.5 Å². The Morgan fingerprint density at radius 3 is 2.74 bits per heavy atom. The molecular weight excluding hydrogens is 348 g/mol. The standard InChI is InChI=1S/C19H24N4O4/c1-4-22-9-10-23(13(2)18(22)24)19(25)15-11-14(20-21-15)12-27-17-8-6-5-7-16(17)26-3/h5-8,11,13H,4,9-10,12H2,1-3H3,(H,20,21)/t13-/m0/s1. The Morgan fingerprint density at radius 2 is 2.04 bits per heavy atom. The number of hydrogen-bond acceptors (Lipinski definition) is 5. The molecular formula is C19H24N4O4. The number of methoxy groups -OCH3 is 1. The highest BCUT2D eigenvalue weighted by atomic mass is 16.5. The topological polar surface area (TPSA) is 87.8 Å². The molecule has 1 aliphatic rings. The predicted molar refractivity (Wildman–Crippen MR) is 98.7 cm³/mol. The fraction of sp³-hybridized carbons (Fsp3) is 0.421. The van der Waals surface area contributed by atoms with E-state index in [1.54, 1.807) is 29.9 Å². The maximum Gasteiger partial charge on any atom is 0.275 e. The van der Waals surface area contributed by atoms with Crippen LogP contribution >= 0.6 is 0 Å². The summed E-state index contributed by atoms with van der Waals surface area (Å²) in [5.41, 5.74) is 0.939. The van der Waals surface area contributed by atoms with Gasteiger partial charge in [-0.3, -0.25) is 14.7 Å². The van der Waals surface area contributed by atoms with E-state index >= 15 is 0 Å². The Labute approximate surface area is 158 Å². The maximum atomic E-state index is 12.8. The number of para-hydroxylation sites is 2. The van der Waals surface area contributed by atoms with Gasteiger partial charge in [0.2, 0.25) is 5.91 Å². The number of carbonyl (C=O) groups excluding carboxylic acids is 2. The number of piperazine rings is 1. The molecule has 0 bridgehead atoms. The number of amides is 2. The number of H-pyrrole nitrogens is 1. The molecule has 0 unspecified atom stereocenters. The number of aromatic nitrogens is 2. The third-order valence-electron chi connectivity index (χ3n) is 4.69. The predicted octanol–water partition coefficient (Wildman–Crippen LogP) is 1.69. The normalized spacial score (nSPS) is 17.1. The van der Waals surface area contributed by atoms with E-state index < -0.39 is 6.04 Å². The van der Waals surface area contributed by atoms with Crippen LogP contribution in [0.25, 0.3) is 0 Å². The average Bonchev–Trinajstić information content (AvgIpc) is 3.17.